The summed E-state index contributed by atoms with van der Waals surface area (Å²) in [7, 11) is 1.78. The molecule has 32 heavy (non-hydrogen) atoms. The Morgan fingerprint density at radius 3 is 1.59 bits per heavy atom. The first-order valence-electron chi connectivity index (χ1n) is 10.4. The minimum Gasteiger partial charge on any atom is -0.357 e. The van der Waals surface area contributed by atoms with E-state index in [2.05, 4.69) is 40.9 Å². The molecule has 0 fully saturated rings. The molecule has 0 radical (unpaired) electrons. The Bertz CT molecular complexity index is 1300. The lowest BCUT2D eigenvalue weighted by molar-refractivity contribution is 0.960. The summed E-state index contributed by atoms with van der Waals surface area (Å²) in [5, 5.41) is 9.47. The van der Waals surface area contributed by atoms with Crippen LogP contribution in [0.25, 0.3) is 11.3 Å². The standard InChI is InChI=1S/C22H24N10/c1-14-6-4-8-31-12-16(26-18(14)31)10-24-21-28-20(23-3)29-22(30-21)25-11-17-13-32-9-5-7-15(2)19(32)27-17/h4-9,12-13H,10-11H2,1-3H3,(H3,23,24,25,28,29,30). The summed E-state index contributed by atoms with van der Waals surface area (Å²) < 4.78 is 4.03. The van der Waals surface area contributed by atoms with Crippen LogP contribution >= 0.6 is 0 Å². The van der Waals surface area contributed by atoms with Crippen LogP contribution in [-0.2, 0) is 13.1 Å². The number of rotatable bonds is 7. The van der Waals surface area contributed by atoms with Gasteiger partial charge in [-0.25, -0.2) is 9.97 Å². The Kier molecular flexibility index (Phi) is 5.02. The zero-order valence-electron chi connectivity index (χ0n) is 18.2. The average molecular weight is 429 g/mol. The number of pyridine rings is 2. The smallest absolute Gasteiger partial charge is 0.229 e. The Labute approximate surface area is 184 Å². The van der Waals surface area contributed by atoms with Gasteiger partial charge in [0, 0.05) is 31.8 Å². The van der Waals surface area contributed by atoms with Crippen molar-refractivity contribution < 1.29 is 0 Å². The molecule has 5 aromatic rings. The molecule has 0 spiro atoms. The molecule has 0 aromatic carbocycles. The van der Waals surface area contributed by atoms with Crippen LogP contribution in [0.4, 0.5) is 17.8 Å². The fourth-order valence-electron chi connectivity index (χ4n) is 3.56. The fourth-order valence-corrected chi connectivity index (χ4v) is 3.56. The summed E-state index contributed by atoms with van der Waals surface area (Å²) in [4.78, 5) is 22.7. The van der Waals surface area contributed by atoms with Crippen LogP contribution in [0.5, 0.6) is 0 Å². The molecule has 0 amide bonds. The molecule has 0 saturated heterocycles. The van der Waals surface area contributed by atoms with Crippen molar-refractivity contribution in [2.75, 3.05) is 23.0 Å². The zero-order chi connectivity index (χ0) is 22.1. The molecule has 5 rings (SSSR count). The van der Waals surface area contributed by atoms with Gasteiger partial charge in [0.2, 0.25) is 17.8 Å². The monoisotopic (exact) mass is 428 g/mol. The Morgan fingerprint density at radius 2 is 1.16 bits per heavy atom. The van der Waals surface area contributed by atoms with Gasteiger partial charge in [0.05, 0.1) is 24.5 Å². The molecule has 0 unspecified atom stereocenters. The van der Waals surface area contributed by atoms with Gasteiger partial charge >= 0.3 is 0 Å². The zero-order valence-corrected chi connectivity index (χ0v) is 18.2. The molecule has 5 heterocycles. The Morgan fingerprint density at radius 1 is 0.688 bits per heavy atom. The fraction of sp³-hybridized carbons (Fsp3) is 0.227. The van der Waals surface area contributed by atoms with E-state index in [1.165, 1.54) is 0 Å². The van der Waals surface area contributed by atoms with E-state index in [0.717, 1.165) is 33.8 Å². The Hall–Kier alpha value is -4.21. The number of imidazole rings is 2. The minimum absolute atomic E-state index is 0.464. The third kappa shape index (κ3) is 3.89. The number of hydrogen-bond acceptors (Lipinski definition) is 8. The highest BCUT2D eigenvalue weighted by atomic mass is 15.3. The molecule has 0 bridgehead atoms. The van der Waals surface area contributed by atoms with Crippen LogP contribution in [-0.4, -0.2) is 40.8 Å². The van der Waals surface area contributed by atoms with E-state index in [1.807, 2.05) is 71.7 Å². The van der Waals surface area contributed by atoms with Crippen LogP contribution in [0.2, 0.25) is 0 Å². The van der Waals surface area contributed by atoms with Gasteiger partial charge in [0.25, 0.3) is 0 Å². The lowest BCUT2D eigenvalue weighted by Gasteiger charge is -2.08. The van der Waals surface area contributed by atoms with E-state index in [4.69, 9.17) is 0 Å². The lowest BCUT2D eigenvalue weighted by atomic mass is 10.3. The van der Waals surface area contributed by atoms with Gasteiger partial charge in [-0.1, -0.05) is 12.1 Å². The number of aryl methyl sites for hydroxylation is 2. The van der Waals surface area contributed by atoms with E-state index < -0.39 is 0 Å². The van der Waals surface area contributed by atoms with Gasteiger partial charge in [-0.3, -0.25) is 0 Å². The maximum absolute atomic E-state index is 4.68. The van der Waals surface area contributed by atoms with Crippen molar-refractivity contribution in [3.8, 4) is 0 Å². The van der Waals surface area contributed by atoms with Crippen molar-refractivity contribution in [1.29, 1.82) is 0 Å². The molecule has 162 valence electrons. The first-order chi connectivity index (χ1) is 15.6. The van der Waals surface area contributed by atoms with Crippen molar-refractivity contribution in [3.05, 3.63) is 71.6 Å². The minimum atomic E-state index is 0.464. The van der Waals surface area contributed by atoms with Crippen LogP contribution in [0.15, 0.2) is 49.1 Å². The number of aromatic nitrogens is 7. The lowest BCUT2D eigenvalue weighted by Crippen LogP contribution is -2.11. The molecule has 0 atom stereocenters. The van der Waals surface area contributed by atoms with Crippen molar-refractivity contribution in [1.82, 2.24) is 33.7 Å². The first kappa shape index (κ1) is 19.7. The predicted octanol–water partition coefficient (Wildman–Crippen LogP) is 3.05. The number of nitrogens with zero attached hydrogens (tertiary/aromatic N) is 7. The van der Waals surface area contributed by atoms with Crippen LogP contribution in [0.3, 0.4) is 0 Å². The number of hydrogen-bond donors (Lipinski definition) is 3. The maximum Gasteiger partial charge on any atom is 0.229 e. The molecule has 0 aliphatic rings. The summed E-state index contributed by atoms with van der Waals surface area (Å²) in [6, 6.07) is 8.11. The second-order valence-electron chi connectivity index (χ2n) is 7.57. The molecule has 10 heteroatoms. The van der Waals surface area contributed by atoms with E-state index in [1.54, 1.807) is 7.05 Å². The van der Waals surface area contributed by atoms with Crippen molar-refractivity contribution >= 4 is 29.1 Å². The first-order valence-corrected chi connectivity index (χ1v) is 10.4. The summed E-state index contributed by atoms with van der Waals surface area (Å²) in [5.41, 5.74) is 5.96. The van der Waals surface area contributed by atoms with Crippen LogP contribution < -0.4 is 16.0 Å². The quantitative estimate of drug-likeness (QED) is 0.363. The van der Waals surface area contributed by atoms with E-state index >= 15 is 0 Å². The highest BCUT2D eigenvalue weighted by molar-refractivity contribution is 5.49. The van der Waals surface area contributed by atoms with Gasteiger partial charge in [-0.15, -0.1) is 0 Å². The van der Waals surface area contributed by atoms with Crippen LogP contribution in [0.1, 0.15) is 22.5 Å². The van der Waals surface area contributed by atoms with Gasteiger partial charge in [0.1, 0.15) is 11.3 Å². The van der Waals surface area contributed by atoms with Crippen molar-refractivity contribution in [2.45, 2.75) is 26.9 Å². The second kappa shape index (κ2) is 8.14. The largest absolute Gasteiger partial charge is 0.357 e. The highest BCUT2D eigenvalue weighted by Gasteiger charge is 2.09. The van der Waals surface area contributed by atoms with E-state index in [0.29, 0.717) is 30.9 Å². The molecular weight excluding hydrogens is 404 g/mol. The molecule has 0 saturated carbocycles. The molecule has 3 N–H and O–H groups in total. The molecule has 5 aromatic heterocycles. The Balaban J connectivity index is 1.31. The van der Waals surface area contributed by atoms with Gasteiger partial charge in [0.15, 0.2) is 0 Å². The number of anilines is 3. The normalized spacial score (nSPS) is 11.2. The molecule has 0 aliphatic carbocycles. The summed E-state index contributed by atoms with van der Waals surface area (Å²) >= 11 is 0. The second-order valence-corrected chi connectivity index (χ2v) is 7.57. The third-order valence-corrected chi connectivity index (χ3v) is 5.17. The molecule has 10 nitrogen and oxygen atoms in total. The third-order valence-electron chi connectivity index (χ3n) is 5.17. The maximum atomic E-state index is 4.68. The van der Waals surface area contributed by atoms with Crippen molar-refractivity contribution in [2.24, 2.45) is 0 Å². The average Bonchev–Trinajstić information content (AvgIpc) is 3.41. The SMILES string of the molecule is CNc1nc(NCc2cn3cccc(C)c3n2)nc(NCc2cn3cccc(C)c3n2)n1. The van der Waals surface area contributed by atoms with E-state index in [9.17, 15) is 0 Å². The van der Waals surface area contributed by atoms with Gasteiger partial charge < -0.3 is 24.8 Å². The van der Waals surface area contributed by atoms with Crippen LogP contribution in [0, 0.1) is 13.8 Å². The van der Waals surface area contributed by atoms with Crippen molar-refractivity contribution in [3.63, 3.8) is 0 Å². The van der Waals surface area contributed by atoms with Gasteiger partial charge in [-0.2, -0.15) is 15.0 Å². The van der Waals surface area contributed by atoms with E-state index in [-0.39, 0.29) is 0 Å². The predicted molar refractivity (Wildman–Crippen MR) is 124 cm³/mol. The summed E-state index contributed by atoms with van der Waals surface area (Å²) in [5.74, 6) is 1.40. The molecule has 0 aliphatic heterocycles. The number of fused-ring (bicyclic) bond motifs is 2. The summed E-state index contributed by atoms with van der Waals surface area (Å²) in [6.45, 7) is 5.10. The summed E-state index contributed by atoms with van der Waals surface area (Å²) in [6.07, 6.45) is 7.98. The topological polar surface area (TPSA) is 109 Å². The van der Waals surface area contributed by atoms with Gasteiger partial charge in [-0.05, 0) is 37.1 Å². The highest BCUT2D eigenvalue weighted by Crippen LogP contribution is 2.14. The molecular formula is C22H24N10. The number of nitrogens with one attached hydrogen (secondary N) is 3.